The number of rotatable bonds is 7. The molecule has 2 heterocycles. The Hall–Kier alpha value is -2.70. The number of hydrogen-bond donors (Lipinski definition) is 3. The Labute approximate surface area is 164 Å². The number of aliphatic hydroxyl groups excluding tert-OH is 2. The maximum Gasteiger partial charge on any atom is 0.139 e. The first-order valence-electron chi connectivity index (χ1n) is 9.80. The minimum atomic E-state index is -0.396. The summed E-state index contributed by atoms with van der Waals surface area (Å²) in [5, 5.41) is 22.9. The largest absolute Gasteiger partial charge is 0.396 e. The van der Waals surface area contributed by atoms with Crippen molar-refractivity contribution in [1.29, 1.82) is 0 Å². The number of aromatic nitrogens is 3. The lowest BCUT2D eigenvalue weighted by Crippen LogP contribution is -2.28. The van der Waals surface area contributed by atoms with E-state index in [1.54, 1.807) is 6.20 Å². The standard InChI is InChI=1S/C22H26N4O2/c27-11-8-16-6-7-21(24-14-16)25-19-12-17(13-20(19)28)15-26-10-9-23-22(26)18-4-2-1-3-5-18/h1-7,9-10,14,17,19-20,27-28H,8,11-13,15H2,(H,24,25)/t17?,19-,20-/m1/s1. The molecule has 0 aliphatic heterocycles. The van der Waals surface area contributed by atoms with Gasteiger partial charge in [-0.25, -0.2) is 9.97 Å². The van der Waals surface area contributed by atoms with Crippen molar-refractivity contribution in [2.24, 2.45) is 5.92 Å². The molecular formula is C22H26N4O2. The minimum absolute atomic E-state index is 0.00936. The van der Waals surface area contributed by atoms with Gasteiger partial charge in [0.1, 0.15) is 11.6 Å². The van der Waals surface area contributed by atoms with E-state index in [4.69, 9.17) is 5.11 Å². The third kappa shape index (κ3) is 4.24. The number of imidazole rings is 1. The van der Waals surface area contributed by atoms with Gasteiger partial charge in [0.05, 0.1) is 12.1 Å². The van der Waals surface area contributed by atoms with Crippen LogP contribution in [0.1, 0.15) is 18.4 Å². The topological polar surface area (TPSA) is 83.2 Å². The SMILES string of the molecule is OCCc1ccc(N[C@@H]2CC(Cn3ccnc3-c3ccccc3)C[C@H]2O)nc1. The summed E-state index contributed by atoms with van der Waals surface area (Å²) in [6.45, 7) is 0.957. The van der Waals surface area contributed by atoms with Crippen LogP contribution >= 0.6 is 0 Å². The van der Waals surface area contributed by atoms with Gasteiger partial charge in [0.2, 0.25) is 0 Å². The summed E-state index contributed by atoms with van der Waals surface area (Å²) < 4.78 is 2.18. The second-order valence-electron chi connectivity index (χ2n) is 7.45. The van der Waals surface area contributed by atoms with Crippen LogP contribution in [0, 0.1) is 5.92 Å². The predicted molar refractivity (Wildman–Crippen MR) is 109 cm³/mol. The average Bonchev–Trinajstić information content (AvgIpc) is 3.31. The normalized spacial score (nSPS) is 21.7. The van der Waals surface area contributed by atoms with E-state index in [-0.39, 0.29) is 12.6 Å². The lowest BCUT2D eigenvalue weighted by atomic mass is 10.1. The van der Waals surface area contributed by atoms with Gasteiger partial charge in [-0.2, -0.15) is 0 Å². The maximum atomic E-state index is 10.5. The van der Waals surface area contributed by atoms with Crippen molar-refractivity contribution < 1.29 is 10.2 Å². The molecular weight excluding hydrogens is 352 g/mol. The van der Waals surface area contributed by atoms with E-state index >= 15 is 0 Å². The van der Waals surface area contributed by atoms with E-state index in [0.717, 1.165) is 42.2 Å². The molecule has 0 radical (unpaired) electrons. The molecule has 146 valence electrons. The van der Waals surface area contributed by atoms with Gasteiger partial charge in [-0.05, 0) is 36.8 Å². The summed E-state index contributed by atoms with van der Waals surface area (Å²) in [5.74, 6) is 2.10. The molecule has 4 rings (SSSR count). The molecule has 1 fully saturated rings. The molecule has 0 spiro atoms. The van der Waals surface area contributed by atoms with Crippen LogP contribution < -0.4 is 5.32 Å². The molecule has 1 aliphatic carbocycles. The van der Waals surface area contributed by atoms with Gasteiger partial charge in [0.25, 0.3) is 0 Å². The number of aliphatic hydroxyl groups is 2. The van der Waals surface area contributed by atoms with Crippen molar-refractivity contribution in [3.05, 3.63) is 66.6 Å². The highest BCUT2D eigenvalue weighted by atomic mass is 16.3. The second kappa shape index (κ2) is 8.54. The van der Waals surface area contributed by atoms with E-state index < -0.39 is 6.10 Å². The fraction of sp³-hybridized carbons (Fsp3) is 0.364. The van der Waals surface area contributed by atoms with E-state index in [9.17, 15) is 5.11 Å². The van der Waals surface area contributed by atoms with Gasteiger partial charge >= 0.3 is 0 Å². The van der Waals surface area contributed by atoms with Crippen molar-refractivity contribution in [2.45, 2.75) is 38.0 Å². The Kier molecular flexibility index (Phi) is 5.69. The van der Waals surface area contributed by atoms with Crippen molar-refractivity contribution >= 4 is 5.82 Å². The number of pyridine rings is 1. The maximum absolute atomic E-state index is 10.5. The molecule has 0 bridgehead atoms. The first kappa shape index (κ1) is 18.7. The van der Waals surface area contributed by atoms with E-state index in [1.165, 1.54) is 0 Å². The Morgan fingerprint density at radius 1 is 1.07 bits per heavy atom. The van der Waals surface area contributed by atoms with Crippen LogP contribution in [0.25, 0.3) is 11.4 Å². The molecule has 3 atom stereocenters. The van der Waals surface area contributed by atoms with Crippen LogP contribution in [0.4, 0.5) is 5.82 Å². The monoisotopic (exact) mass is 378 g/mol. The molecule has 3 aromatic rings. The molecule has 1 unspecified atom stereocenters. The third-order valence-corrected chi connectivity index (χ3v) is 5.39. The Morgan fingerprint density at radius 3 is 2.68 bits per heavy atom. The predicted octanol–water partition coefficient (Wildman–Crippen LogP) is 2.73. The highest BCUT2D eigenvalue weighted by Gasteiger charge is 2.33. The fourth-order valence-electron chi connectivity index (χ4n) is 3.98. The summed E-state index contributed by atoms with van der Waals surface area (Å²) in [6.07, 6.45) is 7.47. The van der Waals surface area contributed by atoms with E-state index in [2.05, 4.69) is 32.0 Å². The Balaban J connectivity index is 1.39. The lowest BCUT2D eigenvalue weighted by molar-refractivity contribution is 0.166. The number of nitrogens with one attached hydrogen (secondary N) is 1. The number of anilines is 1. The van der Waals surface area contributed by atoms with Crippen molar-refractivity contribution in [3.63, 3.8) is 0 Å². The summed E-state index contributed by atoms with van der Waals surface area (Å²) in [4.78, 5) is 8.92. The molecule has 3 N–H and O–H groups in total. The Morgan fingerprint density at radius 2 is 1.93 bits per heavy atom. The number of nitrogens with zero attached hydrogens (tertiary/aromatic N) is 3. The van der Waals surface area contributed by atoms with Crippen LogP contribution in [0.15, 0.2) is 61.1 Å². The van der Waals surface area contributed by atoms with Gasteiger partial charge in [0, 0.05) is 37.3 Å². The second-order valence-corrected chi connectivity index (χ2v) is 7.45. The van der Waals surface area contributed by atoms with Crippen LogP contribution in [0.2, 0.25) is 0 Å². The van der Waals surface area contributed by atoms with E-state index in [0.29, 0.717) is 12.3 Å². The molecule has 1 aromatic carbocycles. The smallest absolute Gasteiger partial charge is 0.139 e. The zero-order chi connectivity index (χ0) is 19.3. The zero-order valence-electron chi connectivity index (χ0n) is 15.8. The quantitative estimate of drug-likeness (QED) is 0.589. The summed E-state index contributed by atoms with van der Waals surface area (Å²) in [5.41, 5.74) is 2.11. The summed E-state index contributed by atoms with van der Waals surface area (Å²) in [7, 11) is 0. The van der Waals surface area contributed by atoms with Crippen molar-refractivity contribution in [3.8, 4) is 11.4 Å². The molecule has 0 amide bonds. The first-order chi connectivity index (χ1) is 13.7. The molecule has 1 saturated carbocycles. The van der Waals surface area contributed by atoms with Gasteiger partial charge in [0.15, 0.2) is 0 Å². The highest BCUT2D eigenvalue weighted by molar-refractivity contribution is 5.55. The highest BCUT2D eigenvalue weighted by Crippen LogP contribution is 2.31. The van der Waals surface area contributed by atoms with Gasteiger partial charge < -0.3 is 20.1 Å². The summed E-state index contributed by atoms with van der Waals surface area (Å²) >= 11 is 0. The van der Waals surface area contributed by atoms with E-state index in [1.807, 2.05) is 42.7 Å². The number of benzene rings is 1. The minimum Gasteiger partial charge on any atom is -0.396 e. The molecule has 6 nitrogen and oxygen atoms in total. The summed E-state index contributed by atoms with van der Waals surface area (Å²) in [6, 6.07) is 14.0. The third-order valence-electron chi connectivity index (χ3n) is 5.39. The number of hydrogen-bond acceptors (Lipinski definition) is 5. The molecule has 28 heavy (non-hydrogen) atoms. The van der Waals surface area contributed by atoms with Gasteiger partial charge in [-0.3, -0.25) is 0 Å². The van der Waals surface area contributed by atoms with Crippen molar-refractivity contribution in [2.75, 3.05) is 11.9 Å². The average molecular weight is 378 g/mol. The van der Waals surface area contributed by atoms with Gasteiger partial charge in [-0.15, -0.1) is 0 Å². The van der Waals surface area contributed by atoms with Crippen LogP contribution in [0.5, 0.6) is 0 Å². The molecule has 6 heteroatoms. The first-order valence-corrected chi connectivity index (χ1v) is 9.80. The molecule has 0 saturated heterocycles. The Bertz CT molecular complexity index is 879. The van der Waals surface area contributed by atoms with Crippen LogP contribution in [-0.4, -0.2) is 43.5 Å². The van der Waals surface area contributed by atoms with Gasteiger partial charge in [-0.1, -0.05) is 36.4 Å². The van der Waals surface area contributed by atoms with Crippen molar-refractivity contribution in [1.82, 2.24) is 14.5 Å². The van der Waals surface area contributed by atoms with Crippen LogP contribution in [0.3, 0.4) is 0 Å². The van der Waals surface area contributed by atoms with Crippen LogP contribution in [-0.2, 0) is 13.0 Å². The fourth-order valence-corrected chi connectivity index (χ4v) is 3.98. The molecule has 1 aliphatic rings. The zero-order valence-corrected chi connectivity index (χ0v) is 15.8. The lowest BCUT2D eigenvalue weighted by Gasteiger charge is -2.17. The molecule has 2 aromatic heterocycles.